The molecule has 0 atom stereocenters. The van der Waals surface area contributed by atoms with Gasteiger partial charge in [0.2, 0.25) is 0 Å². The number of hydrogen-bond donors (Lipinski definition) is 1. The Labute approximate surface area is 106 Å². The van der Waals surface area contributed by atoms with Gasteiger partial charge in [-0.15, -0.1) is 0 Å². The summed E-state index contributed by atoms with van der Waals surface area (Å²) in [6.45, 7) is 2.01. The van der Waals surface area contributed by atoms with Crippen molar-refractivity contribution in [1.29, 1.82) is 0 Å². The minimum absolute atomic E-state index is 0.0500. The van der Waals surface area contributed by atoms with Crippen molar-refractivity contribution >= 4 is 11.5 Å². The van der Waals surface area contributed by atoms with Crippen LogP contribution in [0.2, 0.25) is 0 Å². The van der Waals surface area contributed by atoms with Crippen molar-refractivity contribution in [3.05, 3.63) is 53.6 Å². The number of Topliss-reactive ketones (excluding diaryl/α,β-unsaturated/α-hetero) is 1. The van der Waals surface area contributed by atoms with Crippen molar-refractivity contribution < 1.29 is 4.79 Å². The van der Waals surface area contributed by atoms with Crippen molar-refractivity contribution in [2.75, 3.05) is 5.73 Å². The van der Waals surface area contributed by atoms with Gasteiger partial charge in [0.05, 0.1) is 0 Å². The lowest BCUT2D eigenvalue weighted by molar-refractivity contribution is 0.0992. The summed E-state index contributed by atoms with van der Waals surface area (Å²) < 4.78 is 0. The molecule has 0 amide bonds. The zero-order valence-electron chi connectivity index (χ0n) is 10.3. The standard InChI is InChI=1S/C14H15N3O/c1-2-10-8-16-5-3-12(10)14(18)7-11-9-17-6-4-13(11)15/h3-6,8-9H,2,7H2,1H3,(H2,15,17). The Bertz CT molecular complexity index is 566. The first-order valence-electron chi connectivity index (χ1n) is 5.86. The van der Waals surface area contributed by atoms with E-state index < -0.39 is 0 Å². The monoisotopic (exact) mass is 241 g/mol. The molecule has 4 heteroatoms. The van der Waals surface area contributed by atoms with Crippen LogP contribution in [-0.4, -0.2) is 15.8 Å². The molecule has 0 saturated carbocycles. The van der Waals surface area contributed by atoms with E-state index in [-0.39, 0.29) is 12.2 Å². The van der Waals surface area contributed by atoms with Crippen LogP contribution in [0.1, 0.15) is 28.4 Å². The lowest BCUT2D eigenvalue weighted by atomic mass is 9.99. The molecule has 0 bridgehead atoms. The summed E-state index contributed by atoms with van der Waals surface area (Å²) in [5.74, 6) is 0.0500. The molecule has 0 radical (unpaired) electrons. The smallest absolute Gasteiger partial charge is 0.167 e. The molecule has 2 heterocycles. The zero-order chi connectivity index (χ0) is 13.0. The van der Waals surface area contributed by atoms with Gasteiger partial charge in [0.1, 0.15) is 0 Å². The van der Waals surface area contributed by atoms with E-state index in [1.54, 1.807) is 36.9 Å². The summed E-state index contributed by atoms with van der Waals surface area (Å²) in [5, 5.41) is 0. The molecule has 0 fully saturated rings. The first-order valence-corrected chi connectivity index (χ1v) is 5.86. The predicted octanol–water partition coefficient (Wildman–Crippen LogP) is 2.05. The Morgan fingerprint density at radius 2 is 1.83 bits per heavy atom. The molecule has 92 valence electrons. The van der Waals surface area contributed by atoms with Crippen LogP contribution >= 0.6 is 0 Å². The second-order valence-corrected chi connectivity index (χ2v) is 4.06. The second kappa shape index (κ2) is 5.40. The third-order valence-corrected chi connectivity index (χ3v) is 2.88. The molecule has 0 aliphatic carbocycles. The number of anilines is 1. The van der Waals surface area contributed by atoms with Gasteiger partial charge in [-0.25, -0.2) is 0 Å². The van der Waals surface area contributed by atoms with E-state index in [1.807, 2.05) is 6.92 Å². The number of nitrogen functional groups attached to an aromatic ring is 1. The summed E-state index contributed by atoms with van der Waals surface area (Å²) in [6.07, 6.45) is 7.69. The number of nitrogens with two attached hydrogens (primary N) is 1. The van der Waals surface area contributed by atoms with Gasteiger partial charge >= 0.3 is 0 Å². The fraction of sp³-hybridized carbons (Fsp3) is 0.214. The molecule has 0 aliphatic rings. The van der Waals surface area contributed by atoms with Crippen molar-refractivity contribution in [1.82, 2.24) is 9.97 Å². The van der Waals surface area contributed by atoms with E-state index in [0.717, 1.165) is 23.1 Å². The van der Waals surface area contributed by atoms with E-state index in [9.17, 15) is 4.79 Å². The number of carbonyl (C=O) groups is 1. The highest BCUT2D eigenvalue weighted by atomic mass is 16.1. The highest BCUT2D eigenvalue weighted by Gasteiger charge is 2.12. The molecule has 18 heavy (non-hydrogen) atoms. The Hall–Kier alpha value is -2.23. The van der Waals surface area contributed by atoms with Gasteiger partial charge < -0.3 is 5.73 Å². The van der Waals surface area contributed by atoms with Crippen molar-refractivity contribution in [2.24, 2.45) is 0 Å². The molecule has 0 unspecified atom stereocenters. The van der Waals surface area contributed by atoms with Crippen molar-refractivity contribution in [2.45, 2.75) is 19.8 Å². The lowest BCUT2D eigenvalue weighted by Crippen LogP contribution is -2.09. The van der Waals surface area contributed by atoms with Gasteiger partial charge in [-0.2, -0.15) is 0 Å². The highest BCUT2D eigenvalue weighted by Crippen LogP contribution is 2.15. The molecule has 2 N–H and O–H groups in total. The maximum Gasteiger partial charge on any atom is 0.167 e. The van der Waals surface area contributed by atoms with Crippen LogP contribution in [0.5, 0.6) is 0 Å². The van der Waals surface area contributed by atoms with E-state index in [4.69, 9.17) is 5.73 Å². The van der Waals surface area contributed by atoms with E-state index in [0.29, 0.717) is 5.69 Å². The summed E-state index contributed by atoms with van der Waals surface area (Å²) in [7, 11) is 0. The number of aryl methyl sites for hydroxylation is 1. The molecule has 0 saturated heterocycles. The Morgan fingerprint density at radius 1 is 1.17 bits per heavy atom. The van der Waals surface area contributed by atoms with Crippen molar-refractivity contribution in [3.8, 4) is 0 Å². The molecule has 4 nitrogen and oxygen atoms in total. The fourth-order valence-electron chi connectivity index (χ4n) is 1.83. The molecular weight excluding hydrogens is 226 g/mol. The van der Waals surface area contributed by atoms with Crippen LogP contribution in [-0.2, 0) is 12.8 Å². The molecule has 2 aromatic rings. The first kappa shape index (κ1) is 12.2. The summed E-state index contributed by atoms with van der Waals surface area (Å²) in [4.78, 5) is 20.3. The van der Waals surface area contributed by atoms with E-state index in [1.165, 1.54) is 0 Å². The topological polar surface area (TPSA) is 68.9 Å². The average molecular weight is 241 g/mol. The van der Waals surface area contributed by atoms with E-state index in [2.05, 4.69) is 9.97 Å². The molecular formula is C14H15N3O. The summed E-state index contributed by atoms with van der Waals surface area (Å²) in [5.41, 5.74) is 8.86. The lowest BCUT2D eigenvalue weighted by Gasteiger charge is -2.07. The molecule has 0 spiro atoms. The number of aromatic nitrogens is 2. The predicted molar refractivity (Wildman–Crippen MR) is 70.3 cm³/mol. The first-order chi connectivity index (χ1) is 8.72. The zero-order valence-corrected chi connectivity index (χ0v) is 10.3. The summed E-state index contributed by atoms with van der Waals surface area (Å²) in [6, 6.07) is 3.46. The second-order valence-electron chi connectivity index (χ2n) is 4.06. The number of rotatable bonds is 4. The fourth-order valence-corrected chi connectivity index (χ4v) is 1.83. The van der Waals surface area contributed by atoms with E-state index >= 15 is 0 Å². The SMILES string of the molecule is CCc1cnccc1C(=O)Cc1cnccc1N. The van der Waals surface area contributed by atoms with Crippen LogP contribution < -0.4 is 5.73 Å². The van der Waals surface area contributed by atoms with Crippen LogP contribution in [0.3, 0.4) is 0 Å². The molecule has 0 aliphatic heterocycles. The van der Waals surface area contributed by atoms with Crippen LogP contribution in [0.15, 0.2) is 36.9 Å². The third-order valence-electron chi connectivity index (χ3n) is 2.88. The number of carbonyl (C=O) groups excluding carboxylic acids is 1. The number of pyridine rings is 2. The van der Waals surface area contributed by atoms with Crippen LogP contribution in [0.25, 0.3) is 0 Å². The number of hydrogen-bond acceptors (Lipinski definition) is 4. The molecule has 2 rings (SSSR count). The average Bonchev–Trinajstić information content (AvgIpc) is 2.41. The largest absolute Gasteiger partial charge is 0.398 e. The molecule has 0 aromatic carbocycles. The van der Waals surface area contributed by atoms with Gasteiger partial charge in [0, 0.05) is 48.0 Å². The highest BCUT2D eigenvalue weighted by molar-refractivity contribution is 5.99. The minimum atomic E-state index is 0.0500. The Kier molecular flexibility index (Phi) is 3.67. The maximum atomic E-state index is 12.2. The van der Waals surface area contributed by atoms with Crippen LogP contribution in [0.4, 0.5) is 5.69 Å². The Morgan fingerprint density at radius 3 is 2.50 bits per heavy atom. The normalized spacial score (nSPS) is 10.3. The third kappa shape index (κ3) is 2.53. The van der Waals surface area contributed by atoms with Crippen LogP contribution in [0, 0.1) is 0 Å². The summed E-state index contributed by atoms with van der Waals surface area (Å²) >= 11 is 0. The van der Waals surface area contributed by atoms with Gasteiger partial charge in [0.15, 0.2) is 5.78 Å². The number of nitrogens with zero attached hydrogens (tertiary/aromatic N) is 2. The van der Waals surface area contributed by atoms with Gasteiger partial charge in [-0.05, 0) is 24.1 Å². The maximum absolute atomic E-state index is 12.2. The quantitative estimate of drug-likeness (QED) is 0.832. The van der Waals surface area contributed by atoms with Gasteiger partial charge in [-0.3, -0.25) is 14.8 Å². The number of ketones is 1. The minimum Gasteiger partial charge on any atom is -0.398 e. The van der Waals surface area contributed by atoms with Gasteiger partial charge in [-0.1, -0.05) is 6.92 Å². The van der Waals surface area contributed by atoms with Crippen molar-refractivity contribution in [3.63, 3.8) is 0 Å². The Balaban J connectivity index is 2.25. The molecule has 2 aromatic heterocycles. The van der Waals surface area contributed by atoms with Gasteiger partial charge in [0.25, 0.3) is 0 Å².